The summed E-state index contributed by atoms with van der Waals surface area (Å²) in [6.45, 7) is 3.27. The van der Waals surface area contributed by atoms with Crippen LogP contribution in [0.1, 0.15) is 27.7 Å². The Morgan fingerprint density at radius 3 is 2.45 bits per heavy atom. The van der Waals surface area contributed by atoms with Gasteiger partial charge in [-0.15, -0.1) is 11.3 Å². The summed E-state index contributed by atoms with van der Waals surface area (Å²) in [5.74, 6) is -1.34. The Hall–Kier alpha value is -3.20. The third-order valence-electron chi connectivity index (χ3n) is 4.54. The molecule has 152 valence electrons. The third kappa shape index (κ3) is 4.00. The van der Waals surface area contributed by atoms with Gasteiger partial charge in [-0.25, -0.2) is 9.59 Å². The van der Waals surface area contributed by atoms with Gasteiger partial charge in [0.15, 0.2) is 0 Å². The Morgan fingerprint density at radius 2 is 1.83 bits per heavy atom. The standard InChI is InChI=1S/C20H21N3O5S/c1-3-28-19(26)16-12(2)15-17(25)23(11-14(21)24)20(27)22(18(15)29-16)10-9-13-7-5-4-6-8-13/h4-8H,3,9-11H2,1-2H3,(H2,21,24). The molecule has 0 aliphatic heterocycles. The maximum Gasteiger partial charge on any atom is 0.348 e. The van der Waals surface area contributed by atoms with Crippen molar-refractivity contribution in [3.8, 4) is 0 Å². The first-order valence-corrected chi connectivity index (χ1v) is 9.92. The quantitative estimate of drug-likeness (QED) is 0.587. The van der Waals surface area contributed by atoms with Crippen molar-refractivity contribution in [3.63, 3.8) is 0 Å². The number of thiophene rings is 1. The molecular formula is C20H21N3O5S. The van der Waals surface area contributed by atoms with Crippen molar-refractivity contribution in [2.45, 2.75) is 33.4 Å². The minimum atomic E-state index is -0.795. The summed E-state index contributed by atoms with van der Waals surface area (Å²) in [5, 5.41) is 0.229. The van der Waals surface area contributed by atoms with Crippen molar-refractivity contribution in [2.75, 3.05) is 6.61 Å². The van der Waals surface area contributed by atoms with E-state index in [1.165, 1.54) is 4.57 Å². The topological polar surface area (TPSA) is 113 Å². The molecule has 0 bridgehead atoms. The molecule has 8 nitrogen and oxygen atoms in total. The number of fused-ring (bicyclic) bond motifs is 1. The van der Waals surface area contributed by atoms with Gasteiger partial charge in [-0.05, 0) is 31.4 Å². The van der Waals surface area contributed by atoms with Crippen LogP contribution in [0.15, 0.2) is 39.9 Å². The molecule has 2 aromatic heterocycles. The first-order chi connectivity index (χ1) is 13.8. The summed E-state index contributed by atoms with van der Waals surface area (Å²) < 4.78 is 7.32. The summed E-state index contributed by atoms with van der Waals surface area (Å²) in [4.78, 5) is 50.3. The Morgan fingerprint density at radius 1 is 1.14 bits per heavy atom. The van der Waals surface area contributed by atoms with Gasteiger partial charge in [0.2, 0.25) is 5.91 Å². The highest BCUT2D eigenvalue weighted by Gasteiger charge is 2.24. The van der Waals surface area contributed by atoms with Gasteiger partial charge in [-0.2, -0.15) is 0 Å². The van der Waals surface area contributed by atoms with Gasteiger partial charge in [-0.1, -0.05) is 30.3 Å². The van der Waals surface area contributed by atoms with E-state index in [4.69, 9.17) is 10.5 Å². The van der Waals surface area contributed by atoms with E-state index >= 15 is 0 Å². The average molecular weight is 415 g/mol. The number of hydrogen-bond acceptors (Lipinski definition) is 6. The third-order valence-corrected chi connectivity index (χ3v) is 5.83. The van der Waals surface area contributed by atoms with E-state index in [0.29, 0.717) is 16.8 Å². The smallest absolute Gasteiger partial charge is 0.348 e. The first-order valence-electron chi connectivity index (χ1n) is 9.11. The Kier molecular flexibility index (Phi) is 5.97. The number of aromatic nitrogens is 2. The number of nitrogens with zero attached hydrogens (tertiary/aromatic N) is 2. The molecule has 1 amide bonds. The fourth-order valence-corrected chi connectivity index (χ4v) is 4.38. The van der Waals surface area contributed by atoms with Crippen molar-refractivity contribution >= 4 is 33.4 Å². The highest BCUT2D eigenvalue weighted by atomic mass is 32.1. The minimum Gasteiger partial charge on any atom is -0.462 e. The van der Waals surface area contributed by atoms with Crippen molar-refractivity contribution in [1.29, 1.82) is 0 Å². The van der Waals surface area contributed by atoms with Crippen molar-refractivity contribution in [1.82, 2.24) is 9.13 Å². The summed E-state index contributed by atoms with van der Waals surface area (Å²) in [6.07, 6.45) is 0.538. The fourth-order valence-electron chi connectivity index (χ4n) is 3.16. The molecule has 3 aromatic rings. The summed E-state index contributed by atoms with van der Waals surface area (Å²) >= 11 is 1.05. The van der Waals surface area contributed by atoms with Crippen LogP contribution in [0.5, 0.6) is 0 Å². The molecule has 0 aliphatic rings. The van der Waals surface area contributed by atoms with Crippen LogP contribution in [-0.4, -0.2) is 27.6 Å². The molecule has 0 aliphatic carbocycles. The minimum absolute atomic E-state index is 0.194. The summed E-state index contributed by atoms with van der Waals surface area (Å²) in [6, 6.07) is 9.57. The molecule has 0 unspecified atom stereocenters. The van der Waals surface area contributed by atoms with Gasteiger partial charge in [-0.3, -0.25) is 18.7 Å². The van der Waals surface area contributed by atoms with Crippen LogP contribution in [0.4, 0.5) is 0 Å². The number of esters is 1. The van der Waals surface area contributed by atoms with E-state index in [0.717, 1.165) is 21.5 Å². The molecule has 0 fully saturated rings. The lowest BCUT2D eigenvalue weighted by molar-refractivity contribution is -0.118. The molecule has 9 heteroatoms. The zero-order valence-electron chi connectivity index (χ0n) is 16.1. The second-order valence-corrected chi connectivity index (χ2v) is 7.48. The van der Waals surface area contributed by atoms with E-state index in [-0.39, 0.29) is 23.4 Å². The normalized spacial score (nSPS) is 11.0. The predicted molar refractivity (Wildman–Crippen MR) is 110 cm³/mol. The molecule has 0 atom stereocenters. The van der Waals surface area contributed by atoms with Crippen molar-refractivity contribution in [3.05, 3.63) is 67.2 Å². The van der Waals surface area contributed by atoms with Crippen LogP contribution in [0.2, 0.25) is 0 Å². The molecule has 1 aromatic carbocycles. The number of hydrogen-bond donors (Lipinski definition) is 1. The van der Waals surface area contributed by atoms with Crippen LogP contribution in [0.25, 0.3) is 10.2 Å². The molecule has 0 radical (unpaired) electrons. The Balaban J connectivity index is 2.22. The highest BCUT2D eigenvalue weighted by Crippen LogP contribution is 2.28. The SMILES string of the molecule is CCOC(=O)c1sc2c(c1C)c(=O)n(CC(N)=O)c(=O)n2CCc1ccccc1. The lowest BCUT2D eigenvalue weighted by Crippen LogP contribution is -2.42. The van der Waals surface area contributed by atoms with Crippen molar-refractivity contribution in [2.24, 2.45) is 5.73 Å². The van der Waals surface area contributed by atoms with Crippen LogP contribution in [0.3, 0.4) is 0 Å². The Labute approximate surface area is 170 Å². The highest BCUT2D eigenvalue weighted by molar-refractivity contribution is 7.20. The predicted octanol–water partition coefficient (Wildman–Crippen LogP) is 1.44. The van der Waals surface area contributed by atoms with Gasteiger partial charge in [0, 0.05) is 6.54 Å². The number of nitrogens with two attached hydrogens (primary N) is 1. The number of primary amides is 1. The number of carbonyl (C=O) groups excluding carboxylic acids is 2. The monoisotopic (exact) mass is 415 g/mol. The second kappa shape index (κ2) is 8.44. The fraction of sp³-hybridized carbons (Fsp3) is 0.300. The average Bonchev–Trinajstić information content (AvgIpc) is 3.03. The molecule has 29 heavy (non-hydrogen) atoms. The van der Waals surface area contributed by atoms with Gasteiger partial charge in [0.05, 0.1) is 12.0 Å². The number of amides is 1. The Bertz CT molecular complexity index is 1190. The number of carbonyl (C=O) groups is 2. The van der Waals surface area contributed by atoms with Crippen LogP contribution in [0, 0.1) is 6.92 Å². The van der Waals surface area contributed by atoms with Crippen LogP contribution >= 0.6 is 11.3 Å². The lowest BCUT2D eigenvalue weighted by atomic mass is 10.1. The van der Waals surface area contributed by atoms with E-state index in [1.807, 2.05) is 30.3 Å². The van der Waals surface area contributed by atoms with Gasteiger partial charge in [0.25, 0.3) is 5.56 Å². The molecule has 2 N–H and O–H groups in total. The first kappa shape index (κ1) is 20.5. The van der Waals surface area contributed by atoms with E-state index in [9.17, 15) is 19.2 Å². The molecule has 0 saturated carbocycles. The molecule has 0 spiro atoms. The maximum absolute atomic E-state index is 13.0. The van der Waals surface area contributed by atoms with Crippen LogP contribution < -0.4 is 17.0 Å². The zero-order chi connectivity index (χ0) is 21.1. The summed E-state index contributed by atoms with van der Waals surface area (Å²) in [7, 11) is 0. The number of benzene rings is 1. The number of rotatable bonds is 7. The summed E-state index contributed by atoms with van der Waals surface area (Å²) in [5.41, 5.74) is 5.41. The van der Waals surface area contributed by atoms with Crippen molar-refractivity contribution < 1.29 is 14.3 Å². The van der Waals surface area contributed by atoms with E-state index in [2.05, 4.69) is 0 Å². The van der Waals surface area contributed by atoms with Crippen LogP contribution in [-0.2, 0) is 29.0 Å². The van der Waals surface area contributed by atoms with Gasteiger partial charge in [0.1, 0.15) is 16.3 Å². The largest absolute Gasteiger partial charge is 0.462 e. The molecular weight excluding hydrogens is 394 g/mol. The lowest BCUT2D eigenvalue weighted by Gasteiger charge is -2.11. The zero-order valence-corrected chi connectivity index (χ0v) is 17.0. The van der Waals surface area contributed by atoms with E-state index in [1.54, 1.807) is 13.8 Å². The number of aryl methyl sites for hydroxylation is 3. The second-order valence-electron chi connectivity index (χ2n) is 6.48. The van der Waals surface area contributed by atoms with E-state index < -0.39 is 29.7 Å². The molecule has 3 rings (SSSR count). The maximum atomic E-state index is 13.0. The molecule has 2 heterocycles. The van der Waals surface area contributed by atoms with Gasteiger partial charge < -0.3 is 10.5 Å². The molecule has 0 saturated heterocycles. The number of ether oxygens (including phenoxy) is 1. The van der Waals surface area contributed by atoms with Gasteiger partial charge >= 0.3 is 11.7 Å².